The molecule has 1 heterocycles. The van der Waals surface area contributed by atoms with Gasteiger partial charge in [-0.3, -0.25) is 0 Å². The Morgan fingerprint density at radius 2 is 2.00 bits per heavy atom. The highest BCUT2D eigenvalue weighted by Crippen LogP contribution is 1.84. The molecule has 0 aliphatic carbocycles. The number of rotatable bonds is 1. The van der Waals surface area contributed by atoms with Crippen LogP contribution in [0.4, 0.5) is 0 Å². The lowest BCUT2D eigenvalue weighted by Crippen LogP contribution is -2.49. The molecular formula is C5H8BNO3. The van der Waals surface area contributed by atoms with Gasteiger partial charge in [-0.1, -0.05) is 11.5 Å². The fourth-order valence-corrected chi connectivity index (χ4v) is 0.648. The van der Waals surface area contributed by atoms with E-state index in [-0.39, 0.29) is 5.46 Å². The van der Waals surface area contributed by atoms with Crippen LogP contribution in [0.15, 0.2) is 24.5 Å². The van der Waals surface area contributed by atoms with Crippen LogP contribution in [0.3, 0.4) is 0 Å². The van der Waals surface area contributed by atoms with Gasteiger partial charge in [-0.25, -0.2) is 4.98 Å². The molecule has 0 aliphatic rings. The number of hydrogen-bond donors (Lipinski definition) is 3. The van der Waals surface area contributed by atoms with Gasteiger partial charge in [0.25, 0.3) is 0 Å². The lowest BCUT2D eigenvalue weighted by atomic mass is 9.72. The van der Waals surface area contributed by atoms with Crippen LogP contribution in [0, 0.1) is 0 Å². The molecule has 0 radical (unpaired) electrons. The largest absolute Gasteiger partial charge is 0.556 e. The van der Waals surface area contributed by atoms with Crippen LogP contribution in [0.1, 0.15) is 0 Å². The first kappa shape index (κ1) is 7.20. The van der Waals surface area contributed by atoms with Crippen molar-refractivity contribution >= 4 is 12.2 Å². The van der Waals surface area contributed by atoms with Crippen LogP contribution in [0.5, 0.6) is 0 Å². The maximum absolute atomic E-state index is 8.64. The monoisotopic (exact) mass is 141 g/mol. The Hall–Kier alpha value is -0.905. The van der Waals surface area contributed by atoms with Gasteiger partial charge in [0.2, 0.25) is 0 Å². The first-order valence-corrected chi connectivity index (χ1v) is 2.88. The predicted molar refractivity (Wildman–Crippen MR) is 35.0 cm³/mol. The summed E-state index contributed by atoms with van der Waals surface area (Å²) < 4.78 is 0. The van der Waals surface area contributed by atoms with Gasteiger partial charge in [0, 0.05) is 0 Å². The summed E-state index contributed by atoms with van der Waals surface area (Å²) in [5, 5.41) is 25.9. The molecule has 4 nitrogen and oxygen atoms in total. The number of aromatic amines is 1. The molecule has 1 aromatic heterocycles. The fourth-order valence-electron chi connectivity index (χ4n) is 0.648. The molecule has 54 valence electrons. The molecule has 0 saturated carbocycles. The van der Waals surface area contributed by atoms with Gasteiger partial charge >= 0.3 is 6.75 Å². The van der Waals surface area contributed by atoms with E-state index in [4.69, 9.17) is 15.1 Å². The number of H-pyrrole nitrogens is 1. The Labute approximate surface area is 57.8 Å². The second-order valence-corrected chi connectivity index (χ2v) is 2.07. The highest BCUT2D eigenvalue weighted by molar-refractivity contribution is 6.71. The Kier molecular flexibility index (Phi) is 1.71. The molecule has 0 aromatic carbocycles. The second kappa shape index (κ2) is 2.38. The summed E-state index contributed by atoms with van der Waals surface area (Å²) in [4.78, 5) is 2.60. The molecule has 0 amide bonds. The van der Waals surface area contributed by atoms with E-state index in [1.807, 2.05) is 0 Å². The van der Waals surface area contributed by atoms with Crippen LogP contribution in [-0.2, 0) is 0 Å². The zero-order valence-electron chi connectivity index (χ0n) is 5.23. The molecule has 1 rings (SSSR count). The first-order chi connectivity index (χ1) is 4.61. The standard InChI is InChI=1S/C5H7BNO3/c8-6(9,10)5-2-1-3-7-4-5/h1-4,8-10H/q-1/p+1. The first-order valence-electron chi connectivity index (χ1n) is 2.88. The average Bonchev–Trinajstić information content (AvgIpc) is 1.88. The summed E-state index contributed by atoms with van der Waals surface area (Å²) in [6.45, 7) is -3.34. The molecule has 4 N–H and O–H groups in total. The van der Waals surface area contributed by atoms with Crippen molar-refractivity contribution in [3.05, 3.63) is 24.5 Å². The van der Waals surface area contributed by atoms with E-state index in [0.717, 1.165) is 0 Å². The number of hydrogen-bond acceptors (Lipinski definition) is 3. The number of aromatic nitrogens is 1. The highest BCUT2D eigenvalue weighted by atomic mass is 16.5. The molecule has 0 bridgehead atoms. The maximum Gasteiger partial charge on any atom is 0.408 e. The van der Waals surface area contributed by atoms with Crippen molar-refractivity contribution < 1.29 is 20.1 Å². The summed E-state index contributed by atoms with van der Waals surface area (Å²) in [7, 11) is 0. The highest BCUT2D eigenvalue weighted by Gasteiger charge is 2.19. The van der Waals surface area contributed by atoms with E-state index in [9.17, 15) is 0 Å². The van der Waals surface area contributed by atoms with E-state index in [2.05, 4.69) is 4.98 Å². The molecule has 0 atom stereocenters. The van der Waals surface area contributed by atoms with Gasteiger partial charge in [-0.2, -0.15) is 0 Å². The Morgan fingerprint density at radius 1 is 1.30 bits per heavy atom. The van der Waals surface area contributed by atoms with E-state index < -0.39 is 6.75 Å². The van der Waals surface area contributed by atoms with Gasteiger partial charge in [-0.05, 0) is 6.07 Å². The SMILES string of the molecule is O[B-](O)(O)c1ccc[nH+]c1. The quantitative estimate of drug-likeness (QED) is 0.382. The fraction of sp³-hybridized carbons (Fsp3) is 0. The van der Waals surface area contributed by atoms with Crippen LogP contribution in [-0.4, -0.2) is 21.8 Å². The summed E-state index contributed by atoms with van der Waals surface area (Å²) in [5.41, 5.74) is 0.0718. The van der Waals surface area contributed by atoms with Crippen LogP contribution < -0.4 is 10.4 Å². The molecule has 0 aliphatic heterocycles. The Morgan fingerprint density at radius 3 is 2.30 bits per heavy atom. The van der Waals surface area contributed by atoms with Crippen molar-refractivity contribution in [1.82, 2.24) is 0 Å². The van der Waals surface area contributed by atoms with Crippen molar-refractivity contribution in [2.24, 2.45) is 0 Å². The summed E-state index contributed by atoms with van der Waals surface area (Å²) in [6.07, 6.45) is 2.92. The van der Waals surface area contributed by atoms with E-state index in [0.29, 0.717) is 0 Å². The van der Waals surface area contributed by atoms with Gasteiger partial charge in [0.05, 0.1) is 0 Å². The van der Waals surface area contributed by atoms with Crippen LogP contribution >= 0.6 is 0 Å². The second-order valence-electron chi connectivity index (χ2n) is 2.07. The molecule has 5 heteroatoms. The predicted octanol–water partition coefficient (Wildman–Crippen LogP) is -2.38. The molecule has 0 saturated heterocycles. The third-order valence-corrected chi connectivity index (χ3v) is 1.18. The summed E-state index contributed by atoms with van der Waals surface area (Å²) >= 11 is 0. The lowest BCUT2D eigenvalue weighted by molar-refractivity contribution is -0.376. The topological polar surface area (TPSA) is 74.8 Å². The third kappa shape index (κ3) is 1.54. The van der Waals surface area contributed by atoms with E-state index in [1.54, 1.807) is 12.3 Å². The summed E-state index contributed by atoms with van der Waals surface area (Å²) in [6, 6.07) is 2.98. The summed E-state index contributed by atoms with van der Waals surface area (Å²) in [5.74, 6) is 0. The minimum absolute atomic E-state index is 0.0718. The molecule has 0 spiro atoms. The number of pyridine rings is 1. The van der Waals surface area contributed by atoms with Gasteiger partial charge in [0.15, 0.2) is 6.20 Å². The lowest BCUT2D eigenvalue weighted by Gasteiger charge is -2.18. The van der Waals surface area contributed by atoms with Gasteiger partial charge in [-0.15, -0.1) is 0 Å². The Bertz CT molecular complexity index is 208. The smallest absolute Gasteiger partial charge is 0.408 e. The van der Waals surface area contributed by atoms with Crippen molar-refractivity contribution in [3.63, 3.8) is 0 Å². The minimum atomic E-state index is -3.34. The van der Waals surface area contributed by atoms with Crippen molar-refractivity contribution in [3.8, 4) is 0 Å². The van der Waals surface area contributed by atoms with E-state index >= 15 is 0 Å². The van der Waals surface area contributed by atoms with Crippen molar-refractivity contribution in [1.29, 1.82) is 0 Å². The van der Waals surface area contributed by atoms with E-state index in [1.165, 1.54) is 12.3 Å². The van der Waals surface area contributed by atoms with Gasteiger partial charge < -0.3 is 15.1 Å². The van der Waals surface area contributed by atoms with Crippen LogP contribution in [0.2, 0.25) is 0 Å². The third-order valence-electron chi connectivity index (χ3n) is 1.18. The zero-order valence-corrected chi connectivity index (χ0v) is 5.23. The number of nitrogens with one attached hydrogen (secondary N) is 1. The average molecular weight is 141 g/mol. The van der Waals surface area contributed by atoms with Crippen molar-refractivity contribution in [2.45, 2.75) is 0 Å². The molecular weight excluding hydrogens is 133 g/mol. The van der Waals surface area contributed by atoms with Crippen LogP contribution in [0.25, 0.3) is 0 Å². The molecule has 0 unspecified atom stereocenters. The normalized spacial score (nSPS) is 11.5. The van der Waals surface area contributed by atoms with Gasteiger partial charge in [0.1, 0.15) is 6.20 Å². The molecule has 1 aromatic rings. The molecule has 0 fully saturated rings. The zero-order chi connectivity index (χ0) is 7.61. The minimum Gasteiger partial charge on any atom is -0.556 e. The molecule has 10 heavy (non-hydrogen) atoms. The van der Waals surface area contributed by atoms with Crippen molar-refractivity contribution in [2.75, 3.05) is 0 Å². The Balaban J connectivity index is 2.97. The maximum atomic E-state index is 8.64.